The van der Waals surface area contributed by atoms with E-state index >= 15 is 0 Å². The molecule has 0 atom stereocenters. The van der Waals surface area contributed by atoms with Crippen LogP contribution in [-0.2, 0) is 6.54 Å². The predicted molar refractivity (Wildman–Crippen MR) is 72.7 cm³/mol. The van der Waals surface area contributed by atoms with Gasteiger partial charge in [-0.1, -0.05) is 32.0 Å². The zero-order valence-electron chi connectivity index (χ0n) is 10.8. The fraction of sp³-hybridized carbons (Fsp3) is 0.267. The molecule has 0 fully saturated rings. The van der Waals surface area contributed by atoms with Gasteiger partial charge < -0.3 is 10.5 Å². The van der Waals surface area contributed by atoms with E-state index in [-0.39, 0.29) is 0 Å². The number of para-hydroxylation sites is 1. The van der Waals surface area contributed by atoms with Gasteiger partial charge in [0.2, 0.25) is 0 Å². The standard InChI is InChI=1S/C15H18N2O/c1-11(2)13-5-3-4-6-14(13)18-15-10-17-8-7-12(15)9-16/h3-8,10-11H,9,16H2,1-2H3. The third-order valence-corrected chi connectivity index (χ3v) is 2.85. The van der Waals surface area contributed by atoms with Crippen molar-refractivity contribution in [1.82, 2.24) is 4.98 Å². The molecule has 0 aliphatic carbocycles. The van der Waals surface area contributed by atoms with Crippen LogP contribution in [0.4, 0.5) is 0 Å². The molecule has 0 unspecified atom stereocenters. The number of nitrogens with zero attached hydrogens (tertiary/aromatic N) is 1. The largest absolute Gasteiger partial charge is 0.455 e. The highest BCUT2D eigenvalue weighted by atomic mass is 16.5. The fourth-order valence-corrected chi connectivity index (χ4v) is 1.84. The van der Waals surface area contributed by atoms with E-state index in [0.29, 0.717) is 12.5 Å². The lowest BCUT2D eigenvalue weighted by atomic mass is 10.0. The van der Waals surface area contributed by atoms with E-state index in [1.165, 1.54) is 5.56 Å². The van der Waals surface area contributed by atoms with Crippen LogP contribution >= 0.6 is 0 Å². The van der Waals surface area contributed by atoms with E-state index in [2.05, 4.69) is 24.9 Å². The van der Waals surface area contributed by atoms with Gasteiger partial charge in [-0.3, -0.25) is 4.98 Å². The van der Waals surface area contributed by atoms with E-state index in [0.717, 1.165) is 17.1 Å². The molecule has 0 bridgehead atoms. The van der Waals surface area contributed by atoms with Crippen LogP contribution in [0.5, 0.6) is 11.5 Å². The minimum Gasteiger partial charge on any atom is -0.455 e. The Morgan fingerprint density at radius 1 is 1.17 bits per heavy atom. The quantitative estimate of drug-likeness (QED) is 0.893. The molecule has 0 amide bonds. The summed E-state index contributed by atoms with van der Waals surface area (Å²) in [5.74, 6) is 2.02. The van der Waals surface area contributed by atoms with Gasteiger partial charge in [0.05, 0.1) is 6.20 Å². The predicted octanol–water partition coefficient (Wildman–Crippen LogP) is 3.46. The smallest absolute Gasteiger partial charge is 0.150 e. The van der Waals surface area contributed by atoms with E-state index in [4.69, 9.17) is 10.5 Å². The molecule has 0 saturated carbocycles. The number of nitrogens with two attached hydrogens (primary N) is 1. The molecule has 0 saturated heterocycles. The normalized spacial score (nSPS) is 10.7. The van der Waals surface area contributed by atoms with Gasteiger partial charge in [-0.15, -0.1) is 0 Å². The van der Waals surface area contributed by atoms with Crippen molar-refractivity contribution in [2.45, 2.75) is 26.3 Å². The Bertz CT molecular complexity index is 523. The molecule has 94 valence electrons. The van der Waals surface area contributed by atoms with Gasteiger partial charge in [0.15, 0.2) is 0 Å². The van der Waals surface area contributed by atoms with Crippen LogP contribution < -0.4 is 10.5 Å². The first-order valence-corrected chi connectivity index (χ1v) is 6.12. The van der Waals surface area contributed by atoms with Crippen molar-refractivity contribution in [2.24, 2.45) is 5.73 Å². The maximum Gasteiger partial charge on any atom is 0.150 e. The number of hydrogen-bond acceptors (Lipinski definition) is 3. The molecule has 1 heterocycles. The van der Waals surface area contributed by atoms with Crippen molar-refractivity contribution in [3.63, 3.8) is 0 Å². The molecule has 0 radical (unpaired) electrons. The topological polar surface area (TPSA) is 48.1 Å². The minimum atomic E-state index is 0.416. The lowest BCUT2D eigenvalue weighted by Gasteiger charge is -2.14. The molecule has 2 aromatic rings. The van der Waals surface area contributed by atoms with Gasteiger partial charge in [0.25, 0.3) is 0 Å². The zero-order valence-corrected chi connectivity index (χ0v) is 10.8. The molecule has 3 heteroatoms. The third kappa shape index (κ3) is 2.68. The number of ether oxygens (including phenoxy) is 1. The molecule has 2 rings (SSSR count). The van der Waals surface area contributed by atoms with Crippen LogP contribution in [-0.4, -0.2) is 4.98 Å². The molecule has 1 aromatic heterocycles. The first kappa shape index (κ1) is 12.6. The van der Waals surface area contributed by atoms with Crippen molar-refractivity contribution < 1.29 is 4.74 Å². The molecular formula is C15H18N2O. The van der Waals surface area contributed by atoms with Gasteiger partial charge in [0, 0.05) is 18.3 Å². The first-order valence-electron chi connectivity index (χ1n) is 6.12. The molecule has 18 heavy (non-hydrogen) atoms. The Morgan fingerprint density at radius 3 is 2.67 bits per heavy atom. The molecule has 3 nitrogen and oxygen atoms in total. The van der Waals surface area contributed by atoms with Crippen molar-refractivity contribution in [3.05, 3.63) is 53.9 Å². The summed E-state index contributed by atoms with van der Waals surface area (Å²) in [6.07, 6.45) is 3.43. The van der Waals surface area contributed by atoms with E-state index in [1.54, 1.807) is 12.4 Å². The Balaban J connectivity index is 2.34. The van der Waals surface area contributed by atoms with Crippen LogP contribution in [0.1, 0.15) is 30.9 Å². The second-order valence-corrected chi connectivity index (χ2v) is 4.48. The molecule has 0 spiro atoms. The number of benzene rings is 1. The maximum absolute atomic E-state index is 5.95. The van der Waals surface area contributed by atoms with Crippen LogP contribution in [0, 0.1) is 0 Å². The monoisotopic (exact) mass is 242 g/mol. The van der Waals surface area contributed by atoms with Gasteiger partial charge >= 0.3 is 0 Å². The highest BCUT2D eigenvalue weighted by Crippen LogP contribution is 2.31. The van der Waals surface area contributed by atoms with Crippen LogP contribution in [0.2, 0.25) is 0 Å². The van der Waals surface area contributed by atoms with Crippen molar-refractivity contribution in [2.75, 3.05) is 0 Å². The summed E-state index contributed by atoms with van der Waals surface area (Å²) in [7, 11) is 0. The molecule has 2 N–H and O–H groups in total. The minimum absolute atomic E-state index is 0.416. The van der Waals surface area contributed by atoms with E-state index < -0.39 is 0 Å². The average molecular weight is 242 g/mol. The Kier molecular flexibility index (Phi) is 3.95. The second-order valence-electron chi connectivity index (χ2n) is 4.48. The summed E-state index contributed by atoms with van der Waals surface area (Å²) in [6, 6.07) is 9.93. The number of rotatable bonds is 4. The lowest BCUT2D eigenvalue weighted by molar-refractivity contribution is 0.465. The van der Waals surface area contributed by atoms with Crippen molar-refractivity contribution in [1.29, 1.82) is 0 Å². The third-order valence-electron chi connectivity index (χ3n) is 2.85. The molecule has 0 aliphatic rings. The van der Waals surface area contributed by atoms with E-state index in [9.17, 15) is 0 Å². The van der Waals surface area contributed by atoms with Gasteiger partial charge in [-0.25, -0.2) is 0 Å². The van der Waals surface area contributed by atoms with Crippen molar-refractivity contribution >= 4 is 0 Å². The number of hydrogen-bond donors (Lipinski definition) is 1. The van der Waals surface area contributed by atoms with Gasteiger partial charge in [0.1, 0.15) is 11.5 Å². The SMILES string of the molecule is CC(C)c1ccccc1Oc1cnccc1CN. The van der Waals surface area contributed by atoms with Crippen LogP contribution in [0.25, 0.3) is 0 Å². The zero-order chi connectivity index (χ0) is 13.0. The highest BCUT2D eigenvalue weighted by Gasteiger charge is 2.09. The first-order chi connectivity index (χ1) is 8.72. The van der Waals surface area contributed by atoms with E-state index in [1.807, 2.05) is 24.3 Å². The Labute approximate surface area is 108 Å². The van der Waals surface area contributed by atoms with Crippen LogP contribution in [0.15, 0.2) is 42.7 Å². The summed E-state index contributed by atoms with van der Waals surface area (Å²) in [5.41, 5.74) is 7.84. The second kappa shape index (κ2) is 5.65. The average Bonchev–Trinajstić information content (AvgIpc) is 2.40. The summed E-state index contributed by atoms with van der Waals surface area (Å²) in [4.78, 5) is 4.08. The summed E-state index contributed by atoms with van der Waals surface area (Å²) in [6.45, 7) is 4.74. The Morgan fingerprint density at radius 2 is 1.94 bits per heavy atom. The van der Waals surface area contributed by atoms with Crippen LogP contribution in [0.3, 0.4) is 0 Å². The number of aromatic nitrogens is 1. The molecule has 1 aromatic carbocycles. The van der Waals surface area contributed by atoms with Gasteiger partial charge in [-0.05, 0) is 23.6 Å². The van der Waals surface area contributed by atoms with Crippen molar-refractivity contribution in [3.8, 4) is 11.5 Å². The summed E-state index contributed by atoms with van der Waals surface area (Å²) in [5, 5.41) is 0. The van der Waals surface area contributed by atoms with Gasteiger partial charge in [-0.2, -0.15) is 0 Å². The number of pyridine rings is 1. The molecular weight excluding hydrogens is 224 g/mol. The highest BCUT2D eigenvalue weighted by molar-refractivity contribution is 5.41. The maximum atomic E-state index is 5.95. The lowest BCUT2D eigenvalue weighted by Crippen LogP contribution is -2.01. The Hall–Kier alpha value is -1.87. The molecule has 0 aliphatic heterocycles. The fourth-order valence-electron chi connectivity index (χ4n) is 1.84. The summed E-state index contributed by atoms with van der Waals surface area (Å²) < 4.78 is 5.95. The summed E-state index contributed by atoms with van der Waals surface area (Å²) >= 11 is 0.